The van der Waals surface area contributed by atoms with Crippen molar-refractivity contribution in [2.24, 2.45) is 0 Å². The first-order valence-corrected chi connectivity index (χ1v) is 8.45. The van der Waals surface area contributed by atoms with Gasteiger partial charge in [-0.25, -0.2) is 8.42 Å². The van der Waals surface area contributed by atoms with Gasteiger partial charge in [0, 0.05) is 0 Å². The minimum atomic E-state index is -4.85. The SMILES string of the molecule is COC(=O)CS(=O)(=O)c1ccc(NC[C@@](C)(O)C(F)(F)F)c(Cl)c1. The Hall–Kier alpha value is -1.52. The second-order valence-corrected chi connectivity index (χ2v) is 7.50. The van der Waals surface area contributed by atoms with Crippen LogP contribution >= 0.6 is 11.6 Å². The Morgan fingerprint density at radius 1 is 1.38 bits per heavy atom. The average Bonchev–Trinajstić information content (AvgIpc) is 2.44. The number of methoxy groups -OCH3 is 1. The van der Waals surface area contributed by atoms with Crippen molar-refractivity contribution < 1.29 is 36.2 Å². The van der Waals surface area contributed by atoms with Crippen molar-refractivity contribution in [2.75, 3.05) is 24.7 Å². The fraction of sp³-hybridized carbons (Fsp3) is 0.462. The molecule has 0 unspecified atom stereocenters. The molecule has 0 fully saturated rings. The molecule has 1 aromatic rings. The highest BCUT2D eigenvalue weighted by Crippen LogP contribution is 2.32. The summed E-state index contributed by atoms with van der Waals surface area (Å²) >= 11 is 5.84. The molecule has 0 aliphatic carbocycles. The fourth-order valence-electron chi connectivity index (χ4n) is 1.50. The predicted molar refractivity (Wildman–Crippen MR) is 80.7 cm³/mol. The molecule has 0 saturated carbocycles. The summed E-state index contributed by atoms with van der Waals surface area (Å²) in [5.74, 6) is -1.86. The van der Waals surface area contributed by atoms with E-state index in [0.717, 1.165) is 25.3 Å². The van der Waals surface area contributed by atoms with Gasteiger partial charge in [0.1, 0.15) is 0 Å². The molecule has 0 heterocycles. The van der Waals surface area contributed by atoms with Crippen molar-refractivity contribution >= 4 is 33.1 Å². The van der Waals surface area contributed by atoms with Crippen molar-refractivity contribution in [3.63, 3.8) is 0 Å². The molecule has 11 heteroatoms. The molecule has 0 saturated heterocycles. The number of benzene rings is 1. The summed E-state index contributed by atoms with van der Waals surface area (Å²) in [6.45, 7) is -0.298. The van der Waals surface area contributed by atoms with E-state index < -0.39 is 39.9 Å². The number of hydrogen-bond acceptors (Lipinski definition) is 6. The highest BCUT2D eigenvalue weighted by atomic mass is 35.5. The maximum atomic E-state index is 12.6. The van der Waals surface area contributed by atoms with E-state index in [0.29, 0.717) is 6.92 Å². The molecule has 0 aliphatic rings. The number of anilines is 1. The van der Waals surface area contributed by atoms with Crippen molar-refractivity contribution in [3.05, 3.63) is 23.2 Å². The molecule has 1 aromatic carbocycles. The van der Waals surface area contributed by atoms with Gasteiger partial charge in [-0.1, -0.05) is 11.6 Å². The highest BCUT2D eigenvalue weighted by molar-refractivity contribution is 7.92. The van der Waals surface area contributed by atoms with Gasteiger partial charge in [-0.3, -0.25) is 4.79 Å². The first-order chi connectivity index (χ1) is 10.8. The number of nitrogens with one attached hydrogen (secondary N) is 1. The number of ether oxygens (including phenoxy) is 1. The summed E-state index contributed by atoms with van der Waals surface area (Å²) in [5, 5.41) is 11.5. The summed E-state index contributed by atoms with van der Waals surface area (Å²) < 4.78 is 65.9. The van der Waals surface area contributed by atoms with Crippen LogP contribution in [-0.2, 0) is 19.4 Å². The lowest BCUT2D eigenvalue weighted by atomic mass is 10.1. The third-order valence-electron chi connectivity index (χ3n) is 3.07. The zero-order valence-corrected chi connectivity index (χ0v) is 14.2. The van der Waals surface area contributed by atoms with Gasteiger partial charge in [-0.15, -0.1) is 0 Å². The quantitative estimate of drug-likeness (QED) is 0.723. The first kappa shape index (κ1) is 20.5. The Balaban J connectivity index is 2.95. The van der Waals surface area contributed by atoms with Crippen LogP contribution in [0.5, 0.6) is 0 Å². The van der Waals surface area contributed by atoms with E-state index in [-0.39, 0.29) is 15.6 Å². The molecule has 1 atom stereocenters. The molecule has 1 rings (SSSR count). The summed E-state index contributed by atoms with van der Waals surface area (Å²) in [6, 6.07) is 3.21. The molecule has 0 radical (unpaired) electrons. The molecular formula is C13H15ClF3NO5S. The second-order valence-electron chi connectivity index (χ2n) is 5.10. The summed E-state index contributed by atoms with van der Waals surface area (Å²) in [7, 11) is -2.96. The molecule has 136 valence electrons. The number of halogens is 4. The maximum Gasteiger partial charge on any atom is 0.418 e. The number of hydrogen-bond donors (Lipinski definition) is 2. The molecular weight excluding hydrogens is 375 g/mol. The van der Waals surface area contributed by atoms with Crippen LogP contribution in [0.3, 0.4) is 0 Å². The third kappa shape index (κ3) is 4.99. The minimum Gasteiger partial charge on any atom is -0.468 e. The van der Waals surface area contributed by atoms with Crippen molar-refractivity contribution in [2.45, 2.75) is 23.6 Å². The molecule has 0 aromatic heterocycles. The van der Waals surface area contributed by atoms with E-state index in [4.69, 9.17) is 11.6 Å². The Morgan fingerprint density at radius 2 is 1.96 bits per heavy atom. The molecule has 0 aliphatic heterocycles. The molecule has 0 spiro atoms. The zero-order chi connectivity index (χ0) is 18.8. The van der Waals surface area contributed by atoms with Gasteiger partial charge >= 0.3 is 12.1 Å². The maximum absolute atomic E-state index is 12.6. The lowest BCUT2D eigenvalue weighted by Crippen LogP contribution is -2.47. The Kier molecular flexibility index (Phi) is 6.12. The second kappa shape index (κ2) is 7.16. The van der Waals surface area contributed by atoms with Crippen molar-refractivity contribution in [3.8, 4) is 0 Å². The van der Waals surface area contributed by atoms with E-state index in [2.05, 4.69) is 10.1 Å². The summed E-state index contributed by atoms with van der Waals surface area (Å²) in [6.07, 6.45) is -4.85. The number of esters is 1. The van der Waals surface area contributed by atoms with Gasteiger partial charge in [0.15, 0.2) is 21.2 Å². The van der Waals surface area contributed by atoms with Gasteiger partial charge in [0.25, 0.3) is 0 Å². The molecule has 0 bridgehead atoms. The minimum absolute atomic E-state index is 0.00166. The zero-order valence-electron chi connectivity index (χ0n) is 12.6. The van der Waals surface area contributed by atoms with Crippen LogP contribution in [-0.4, -0.2) is 50.7 Å². The molecule has 24 heavy (non-hydrogen) atoms. The number of rotatable bonds is 6. The highest BCUT2D eigenvalue weighted by Gasteiger charge is 2.49. The summed E-state index contributed by atoms with van der Waals surface area (Å²) in [5.41, 5.74) is -3.00. The smallest absolute Gasteiger partial charge is 0.418 e. The van der Waals surface area contributed by atoms with Gasteiger partial charge in [-0.05, 0) is 25.1 Å². The van der Waals surface area contributed by atoms with E-state index in [1.165, 1.54) is 0 Å². The van der Waals surface area contributed by atoms with Crippen LogP contribution in [0.1, 0.15) is 6.92 Å². The van der Waals surface area contributed by atoms with Gasteiger partial charge < -0.3 is 15.2 Å². The van der Waals surface area contributed by atoms with Gasteiger partial charge in [-0.2, -0.15) is 13.2 Å². The summed E-state index contributed by atoms with van der Waals surface area (Å²) in [4.78, 5) is 10.8. The topological polar surface area (TPSA) is 92.7 Å². The molecule has 6 nitrogen and oxygen atoms in total. The largest absolute Gasteiger partial charge is 0.468 e. The molecule has 0 amide bonds. The van der Waals surface area contributed by atoms with Gasteiger partial charge in [0.2, 0.25) is 0 Å². The van der Waals surface area contributed by atoms with Crippen molar-refractivity contribution in [1.29, 1.82) is 0 Å². The number of carbonyl (C=O) groups is 1. The van der Waals surface area contributed by atoms with Crippen LogP contribution in [0.25, 0.3) is 0 Å². The van der Waals surface area contributed by atoms with Crippen LogP contribution in [0, 0.1) is 0 Å². The lowest BCUT2D eigenvalue weighted by Gasteiger charge is -2.27. The lowest BCUT2D eigenvalue weighted by molar-refractivity contribution is -0.246. The standard InChI is InChI=1S/C13H15ClF3NO5S/c1-12(20,13(15,16)17)7-18-10-4-3-8(5-9(10)14)24(21,22)6-11(19)23-2/h3-5,18,20H,6-7H2,1-2H3/t12-/m1/s1. The van der Waals surface area contributed by atoms with Crippen LogP contribution in [0.15, 0.2) is 23.1 Å². The van der Waals surface area contributed by atoms with E-state index >= 15 is 0 Å². The van der Waals surface area contributed by atoms with E-state index in [9.17, 15) is 31.5 Å². The Labute approximate surface area is 141 Å². The number of sulfone groups is 1. The number of aliphatic hydroxyl groups is 1. The van der Waals surface area contributed by atoms with E-state index in [1.54, 1.807) is 0 Å². The van der Waals surface area contributed by atoms with Crippen LogP contribution in [0.4, 0.5) is 18.9 Å². The predicted octanol–water partition coefficient (Wildman–Crippen LogP) is 2.01. The third-order valence-corrected chi connectivity index (χ3v) is 4.97. The Bertz CT molecular complexity index is 719. The van der Waals surface area contributed by atoms with Crippen molar-refractivity contribution in [1.82, 2.24) is 0 Å². The average molecular weight is 390 g/mol. The number of alkyl halides is 3. The Morgan fingerprint density at radius 3 is 2.42 bits per heavy atom. The first-order valence-electron chi connectivity index (χ1n) is 6.42. The van der Waals surface area contributed by atoms with Gasteiger partial charge in [0.05, 0.1) is 29.3 Å². The van der Waals surface area contributed by atoms with Crippen LogP contribution < -0.4 is 5.32 Å². The van der Waals surface area contributed by atoms with Crippen LogP contribution in [0.2, 0.25) is 5.02 Å². The van der Waals surface area contributed by atoms with E-state index in [1.807, 2.05) is 0 Å². The normalized spacial score (nSPS) is 14.8. The molecule has 2 N–H and O–H groups in total. The fourth-order valence-corrected chi connectivity index (χ4v) is 2.98. The monoisotopic (exact) mass is 389 g/mol. The number of carbonyl (C=O) groups excluding carboxylic acids is 1.